The molecule has 2 aliphatic carbocycles. The molecule has 3 nitrogen and oxygen atoms in total. The Bertz CT molecular complexity index is 495. The van der Waals surface area contributed by atoms with Gasteiger partial charge < -0.3 is 9.88 Å². The average Bonchev–Trinajstić information content (AvgIpc) is 2.85. The van der Waals surface area contributed by atoms with Gasteiger partial charge in [-0.3, -0.25) is 0 Å². The van der Waals surface area contributed by atoms with Gasteiger partial charge in [0.2, 0.25) is 0 Å². The lowest BCUT2D eigenvalue weighted by Crippen LogP contribution is -2.29. The molecule has 2 heterocycles. The fourth-order valence-electron chi connectivity index (χ4n) is 4.59. The lowest BCUT2D eigenvalue weighted by molar-refractivity contribution is 0.212. The van der Waals surface area contributed by atoms with Crippen LogP contribution in [0.1, 0.15) is 87.5 Å². The van der Waals surface area contributed by atoms with Crippen molar-refractivity contribution in [2.45, 2.75) is 83.2 Å². The van der Waals surface area contributed by atoms with Gasteiger partial charge in [-0.1, -0.05) is 25.7 Å². The summed E-state index contributed by atoms with van der Waals surface area (Å²) >= 11 is 0. The van der Waals surface area contributed by atoms with E-state index in [0.29, 0.717) is 6.04 Å². The van der Waals surface area contributed by atoms with Crippen molar-refractivity contribution in [2.24, 2.45) is 5.92 Å². The molecule has 0 aromatic carbocycles. The molecule has 0 radical (unpaired) electrons. The minimum absolute atomic E-state index is 0.671. The molecule has 0 saturated heterocycles. The van der Waals surface area contributed by atoms with E-state index in [2.05, 4.69) is 16.8 Å². The van der Waals surface area contributed by atoms with Gasteiger partial charge in [0.25, 0.3) is 0 Å². The highest BCUT2D eigenvalue weighted by Gasteiger charge is 2.32. The van der Waals surface area contributed by atoms with Crippen LogP contribution >= 0.6 is 0 Å². The molecule has 0 spiro atoms. The Hall–Kier alpha value is -0.830. The van der Waals surface area contributed by atoms with Crippen LogP contribution in [-0.4, -0.2) is 16.1 Å². The third-order valence-electron chi connectivity index (χ3n) is 6.16. The first-order valence-electron chi connectivity index (χ1n) is 9.15. The molecule has 1 aromatic heterocycles. The number of imidazole rings is 1. The van der Waals surface area contributed by atoms with E-state index >= 15 is 0 Å². The molecule has 3 heteroatoms. The number of nitrogens with one attached hydrogen (secondary N) is 1. The molecular weight excluding hydrogens is 258 g/mol. The van der Waals surface area contributed by atoms with Crippen molar-refractivity contribution < 1.29 is 0 Å². The molecule has 1 atom stereocenters. The van der Waals surface area contributed by atoms with Gasteiger partial charge in [0.1, 0.15) is 5.82 Å². The van der Waals surface area contributed by atoms with E-state index in [-0.39, 0.29) is 0 Å². The maximum atomic E-state index is 5.14. The lowest BCUT2D eigenvalue weighted by atomic mass is 9.79. The fourth-order valence-corrected chi connectivity index (χ4v) is 4.59. The number of nitrogens with zero attached hydrogens (tertiary/aromatic N) is 2. The summed E-state index contributed by atoms with van der Waals surface area (Å²) in [5, 5.41) is 3.50. The lowest BCUT2D eigenvalue weighted by Gasteiger charge is -2.36. The van der Waals surface area contributed by atoms with E-state index in [1.54, 1.807) is 5.69 Å². The van der Waals surface area contributed by atoms with Crippen LogP contribution in [0.2, 0.25) is 0 Å². The molecule has 1 aromatic rings. The van der Waals surface area contributed by atoms with Crippen LogP contribution < -0.4 is 5.32 Å². The fraction of sp³-hybridized carbons (Fsp3) is 0.833. The molecule has 1 unspecified atom stereocenters. The van der Waals surface area contributed by atoms with Gasteiger partial charge in [-0.15, -0.1) is 0 Å². The molecule has 1 aliphatic heterocycles. The van der Waals surface area contributed by atoms with Crippen molar-refractivity contribution in [3.63, 3.8) is 0 Å². The van der Waals surface area contributed by atoms with Crippen LogP contribution in [-0.2, 0) is 13.0 Å². The second-order valence-electron chi connectivity index (χ2n) is 7.43. The zero-order valence-corrected chi connectivity index (χ0v) is 13.4. The van der Waals surface area contributed by atoms with Gasteiger partial charge in [-0.05, 0) is 38.5 Å². The van der Waals surface area contributed by atoms with Gasteiger partial charge in [-0.2, -0.15) is 0 Å². The molecule has 116 valence electrons. The topological polar surface area (TPSA) is 29.9 Å². The van der Waals surface area contributed by atoms with Crippen molar-refractivity contribution in [3.8, 4) is 0 Å². The van der Waals surface area contributed by atoms with Gasteiger partial charge >= 0.3 is 0 Å². The third kappa shape index (κ3) is 2.44. The summed E-state index contributed by atoms with van der Waals surface area (Å²) in [5.41, 5.74) is 2.92. The molecule has 0 amide bonds. The molecule has 4 rings (SSSR count). The van der Waals surface area contributed by atoms with Crippen molar-refractivity contribution in [2.75, 3.05) is 6.54 Å². The highest BCUT2D eigenvalue weighted by atomic mass is 15.1. The molecular formula is C18H29N3. The normalized spacial score (nSPS) is 25.4. The Morgan fingerprint density at radius 3 is 2.62 bits per heavy atom. The van der Waals surface area contributed by atoms with Crippen LogP contribution in [0.5, 0.6) is 0 Å². The minimum atomic E-state index is 0.671. The van der Waals surface area contributed by atoms with Gasteiger partial charge in [-0.25, -0.2) is 4.98 Å². The Morgan fingerprint density at radius 1 is 1.10 bits per heavy atom. The number of fused-ring (bicyclic) bond motifs is 1. The standard InChI is InChI=1S/C18H29N3/c1-13(14-8-5-9-14)21-17-10-11-19-12-16(17)20-18(21)15-6-3-2-4-7-15/h13-15,19H,2-12H2,1H3. The van der Waals surface area contributed by atoms with Crippen molar-refractivity contribution in [1.82, 2.24) is 14.9 Å². The Kier molecular flexibility index (Phi) is 3.78. The maximum Gasteiger partial charge on any atom is 0.112 e. The molecule has 0 bridgehead atoms. The van der Waals surface area contributed by atoms with E-state index in [1.807, 2.05) is 0 Å². The highest BCUT2D eigenvalue weighted by molar-refractivity contribution is 5.23. The van der Waals surface area contributed by atoms with E-state index in [0.717, 1.165) is 24.9 Å². The van der Waals surface area contributed by atoms with E-state index in [9.17, 15) is 0 Å². The zero-order chi connectivity index (χ0) is 14.2. The number of hydrogen-bond acceptors (Lipinski definition) is 2. The zero-order valence-electron chi connectivity index (χ0n) is 13.4. The SMILES string of the molecule is CC(C1CCC1)n1c(C2CCCCC2)nc2c1CCNC2. The maximum absolute atomic E-state index is 5.14. The summed E-state index contributed by atoms with van der Waals surface area (Å²) in [6, 6.07) is 0.671. The number of rotatable bonds is 3. The Balaban J connectivity index is 1.71. The first-order valence-corrected chi connectivity index (χ1v) is 9.15. The summed E-state index contributed by atoms with van der Waals surface area (Å²) in [6.45, 7) is 4.57. The molecule has 3 aliphatic rings. The second-order valence-corrected chi connectivity index (χ2v) is 7.43. The monoisotopic (exact) mass is 287 g/mol. The van der Waals surface area contributed by atoms with Crippen molar-refractivity contribution in [1.29, 1.82) is 0 Å². The molecule has 2 saturated carbocycles. The summed E-state index contributed by atoms with van der Waals surface area (Å²) in [4.78, 5) is 5.14. The van der Waals surface area contributed by atoms with Gasteiger partial charge in [0.15, 0.2) is 0 Å². The Labute approximate surface area is 128 Å². The third-order valence-corrected chi connectivity index (χ3v) is 6.16. The largest absolute Gasteiger partial charge is 0.328 e. The molecule has 2 fully saturated rings. The summed E-state index contributed by atoms with van der Waals surface area (Å²) in [7, 11) is 0. The summed E-state index contributed by atoms with van der Waals surface area (Å²) < 4.78 is 2.70. The summed E-state index contributed by atoms with van der Waals surface area (Å²) in [6.07, 6.45) is 12.4. The first-order chi connectivity index (χ1) is 10.3. The first kappa shape index (κ1) is 13.8. The smallest absolute Gasteiger partial charge is 0.112 e. The Morgan fingerprint density at radius 2 is 1.90 bits per heavy atom. The van der Waals surface area contributed by atoms with Crippen LogP contribution in [0.3, 0.4) is 0 Å². The predicted molar refractivity (Wildman–Crippen MR) is 85.5 cm³/mol. The summed E-state index contributed by atoms with van der Waals surface area (Å²) in [5.74, 6) is 3.08. The number of hydrogen-bond donors (Lipinski definition) is 1. The van der Waals surface area contributed by atoms with E-state index < -0.39 is 0 Å². The van der Waals surface area contributed by atoms with Crippen LogP contribution in [0.25, 0.3) is 0 Å². The van der Waals surface area contributed by atoms with E-state index in [4.69, 9.17) is 4.98 Å². The average molecular weight is 287 g/mol. The van der Waals surface area contributed by atoms with Gasteiger partial charge in [0.05, 0.1) is 5.69 Å². The molecule has 21 heavy (non-hydrogen) atoms. The minimum Gasteiger partial charge on any atom is -0.328 e. The van der Waals surface area contributed by atoms with Crippen LogP contribution in [0, 0.1) is 5.92 Å². The van der Waals surface area contributed by atoms with Crippen LogP contribution in [0.4, 0.5) is 0 Å². The predicted octanol–water partition coefficient (Wildman–Crippen LogP) is 3.94. The van der Waals surface area contributed by atoms with Crippen molar-refractivity contribution >= 4 is 0 Å². The molecule has 1 N–H and O–H groups in total. The quantitative estimate of drug-likeness (QED) is 0.912. The van der Waals surface area contributed by atoms with Crippen LogP contribution in [0.15, 0.2) is 0 Å². The van der Waals surface area contributed by atoms with Gasteiger partial charge in [0, 0.05) is 37.2 Å². The van der Waals surface area contributed by atoms with Crippen molar-refractivity contribution in [3.05, 3.63) is 17.2 Å². The number of aromatic nitrogens is 2. The highest BCUT2D eigenvalue weighted by Crippen LogP contribution is 2.41. The van der Waals surface area contributed by atoms with E-state index in [1.165, 1.54) is 69.3 Å². The second kappa shape index (κ2) is 5.75.